The Morgan fingerprint density at radius 1 is 1.27 bits per heavy atom. The topological polar surface area (TPSA) is 98.0 Å². The number of hydrogen-bond donors (Lipinski definition) is 3. The number of ether oxygens (including phenoxy) is 2. The minimum atomic E-state index is -0.00936. The average Bonchev–Trinajstić information content (AvgIpc) is 2.65. The molecule has 7 heteroatoms. The molecule has 2 aromatic rings. The second-order valence-electron chi connectivity index (χ2n) is 5.95. The van der Waals surface area contributed by atoms with Crippen LogP contribution in [0, 0.1) is 0 Å². The van der Waals surface area contributed by atoms with Gasteiger partial charge in [0.2, 0.25) is 5.91 Å². The van der Waals surface area contributed by atoms with E-state index in [0.717, 1.165) is 11.3 Å². The fraction of sp³-hybridized carbons (Fsp3) is 0.263. The van der Waals surface area contributed by atoms with Crippen molar-refractivity contribution in [3.8, 4) is 11.5 Å². The van der Waals surface area contributed by atoms with Gasteiger partial charge in [0.1, 0.15) is 11.5 Å². The Kier molecular flexibility index (Phi) is 5.26. The van der Waals surface area contributed by atoms with Gasteiger partial charge in [0.15, 0.2) is 5.96 Å². The third kappa shape index (κ3) is 3.88. The largest absolute Gasteiger partial charge is 0.497 e. The van der Waals surface area contributed by atoms with Gasteiger partial charge in [0.05, 0.1) is 26.5 Å². The molecule has 1 aliphatic heterocycles. The standard InChI is InChI=1S/C19H22N4O3/c1-25-13-7-8-17(26-2)16(10-13)23-19(20)21-11-12-9-18(24)22-15-6-4-3-5-14(12)15/h3-8,10,12H,9,11H2,1-2H3,(H,22,24)(H3,20,21,23). The Bertz CT molecular complexity index is 835. The van der Waals surface area contributed by atoms with E-state index in [4.69, 9.17) is 15.2 Å². The molecule has 0 aliphatic carbocycles. The Hall–Kier alpha value is -3.22. The van der Waals surface area contributed by atoms with E-state index in [1.807, 2.05) is 24.3 Å². The SMILES string of the molecule is COc1ccc(OC)c(NC(N)=NCC2CC(=O)Nc3ccccc32)c1. The first-order chi connectivity index (χ1) is 12.6. The van der Waals surface area contributed by atoms with Crippen molar-refractivity contribution >= 4 is 23.2 Å². The summed E-state index contributed by atoms with van der Waals surface area (Å²) < 4.78 is 10.5. The van der Waals surface area contributed by atoms with Gasteiger partial charge in [-0.05, 0) is 23.8 Å². The molecule has 0 radical (unpaired) electrons. The number of nitrogens with two attached hydrogens (primary N) is 1. The van der Waals surface area contributed by atoms with E-state index < -0.39 is 0 Å². The number of nitrogens with zero attached hydrogens (tertiary/aromatic N) is 1. The second-order valence-corrected chi connectivity index (χ2v) is 5.95. The van der Waals surface area contributed by atoms with Gasteiger partial charge in [-0.25, -0.2) is 0 Å². The van der Waals surface area contributed by atoms with Crippen molar-refractivity contribution in [2.24, 2.45) is 10.7 Å². The first-order valence-corrected chi connectivity index (χ1v) is 8.28. The number of fused-ring (bicyclic) bond motifs is 1. The summed E-state index contributed by atoms with van der Waals surface area (Å²) in [5.41, 5.74) is 8.61. The zero-order valence-corrected chi connectivity index (χ0v) is 14.8. The highest BCUT2D eigenvalue weighted by atomic mass is 16.5. The molecule has 26 heavy (non-hydrogen) atoms. The van der Waals surface area contributed by atoms with Gasteiger partial charge < -0.3 is 25.8 Å². The van der Waals surface area contributed by atoms with Gasteiger partial charge in [0, 0.05) is 24.1 Å². The maximum atomic E-state index is 11.9. The summed E-state index contributed by atoms with van der Waals surface area (Å²) in [6.07, 6.45) is 0.385. The summed E-state index contributed by atoms with van der Waals surface area (Å²) >= 11 is 0. The normalized spacial score (nSPS) is 16.5. The number of carbonyl (C=O) groups excluding carboxylic acids is 1. The van der Waals surface area contributed by atoms with Gasteiger partial charge >= 0.3 is 0 Å². The molecule has 1 amide bonds. The number of hydrogen-bond acceptors (Lipinski definition) is 4. The van der Waals surface area contributed by atoms with Gasteiger partial charge in [-0.15, -0.1) is 0 Å². The van der Waals surface area contributed by atoms with Crippen molar-refractivity contribution < 1.29 is 14.3 Å². The van der Waals surface area contributed by atoms with Crippen LogP contribution >= 0.6 is 0 Å². The Morgan fingerprint density at radius 2 is 2.08 bits per heavy atom. The Morgan fingerprint density at radius 3 is 2.85 bits per heavy atom. The van der Waals surface area contributed by atoms with Crippen LogP contribution in [0.1, 0.15) is 17.9 Å². The van der Waals surface area contributed by atoms with Gasteiger partial charge in [-0.1, -0.05) is 18.2 Å². The fourth-order valence-electron chi connectivity index (χ4n) is 2.96. The van der Waals surface area contributed by atoms with Crippen LogP contribution in [0.2, 0.25) is 0 Å². The lowest BCUT2D eigenvalue weighted by Gasteiger charge is -2.24. The molecule has 1 heterocycles. The predicted octanol–water partition coefficient (Wildman–Crippen LogP) is 2.56. The highest BCUT2D eigenvalue weighted by Gasteiger charge is 2.24. The van der Waals surface area contributed by atoms with Crippen LogP contribution in [-0.4, -0.2) is 32.6 Å². The molecule has 0 spiro atoms. The second kappa shape index (κ2) is 7.77. The number of guanidine groups is 1. The molecule has 1 atom stereocenters. The quantitative estimate of drug-likeness (QED) is 0.566. The molecule has 0 aromatic heterocycles. The van der Waals surface area contributed by atoms with Crippen molar-refractivity contribution in [1.82, 2.24) is 0 Å². The molecule has 7 nitrogen and oxygen atoms in total. The lowest BCUT2D eigenvalue weighted by Crippen LogP contribution is -2.27. The van der Waals surface area contributed by atoms with E-state index in [-0.39, 0.29) is 17.8 Å². The maximum absolute atomic E-state index is 11.9. The van der Waals surface area contributed by atoms with Crippen LogP contribution in [0.25, 0.3) is 0 Å². The van der Waals surface area contributed by atoms with Crippen molar-refractivity contribution in [1.29, 1.82) is 0 Å². The van der Waals surface area contributed by atoms with Gasteiger partial charge in [0.25, 0.3) is 0 Å². The summed E-state index contributed by atoms with van der Waals surface area (Å²) in [7, 11) is 3.17. The molecule has 0 fully saturated rings. The number of benzene rings is 2. The maximum Gasteiger partial charge on any atom is 0.225 e. The number of para-hydroxylation sites is 1. The van der Waals surface area contributed by atoms with Crippen LogP contribution in [0.3, 0.4) is 0 Å². The van der Waals surface area contributed by atoms with E-state index in [1.165, 1.54) is 0 Å². The number of methoxy groups -OCH3 is 2. The van der Waals surface area contributed by atoms with Crippen LogP contribution < -0.4 is 25.8 Å². The Labute approximate surface area is 152 Å². The smallest absolute Gasteiger partial charge is 0.225 e. The van der Waals surface area contributed by atoms with Gasteiger partial charge in [-0.2, -0.15) is 0 Å². The summed E-state index contributed by atoms with van der Waals surface area (Å²) in [6.45, 7) is 0.412. The Balaban J connectivity index is 1.74. The third-order valence-corrected chi connectivity index (χ3v) is 4.26. The summed E-state index contributed by atoms with van der Waals surface area (Å²) in [4.78, 5) is 16.3. The molecule has 1 aliphatic rings. The van der Waals surface area contributed by atoms with E-state index in [0.29, 0.717) is 30.2 Å². The van der Waals surface area contributed by atoms with E-state index in [2.05, 4.69) is 15.6 Å². The lowest BCUT2D eigenvalue weighted by atomic mass is 9.91. The molecular weight excluding hydrogens is 332 g/mol. The zero-order valence-electron chi connectivity index (χ0n) is 14.8. The lowest BCUT2D eigenvalue weighted by molar-refractivity contribution is -0.116. The highest BCUT2D eigenvalue weighted by molar-refractivity contribution is 5.95. The van der Waals surface area contributed by atoms with Crippen molar-refractivity contribution in [2.45, 2.75) is 12.3 Å². The predicted molar refractivity (Wildman–Crippen MR) is 102 cm³/mol. The number of anilines is 2. The number of carbonyl (C=O) groups is 1. The monoisotopic (exact) mass is 354 g/mol. The molecule has 136 valence electrons. The first-order valence-electron chi connectivity index (χ1n) is 8.28. The van der Waals surface area contributed by atoms with Crippen molar-refractivity contribution in [3.63, 3.8) is 0 Å². The average molecular weight is 354 g/mol. The molecule has 3 rings (SSSR count). The molecule has 0 bridgehead atoms. The van der Waals surface area contributed by atoms with Gasteiger partial charge in [-0.3, -0.25) is 9.79 Å². The highest BCUT2D eigenvalue weighted by Crippen LogP contribution is 2.32. The van der Waals surface area contributed by atoms with Crippen LogP contribution in [0.15, 0.2) is 47.5 Å². The number of aliphatic imine (C=N–C) groups is 1. The van der Waals surface area contributed by atoms with Crippen molar-refractivity contribution in [2.75, 3.05) is 31.4 Å². The summed E-state index contributed by atoms with van der Waals surface area (Å²) in [5, 5.41) is 5.91. The van der Waals surface area contributed by atoms with Crippen molar-refractivity contribution in [3.05, 3.63) is 48.0 Å². The van der Waals surface area contributed by atoms with Crippen LogP contribution in [-0.2, 0) is 4.79 Å². The fourth-order valence-corrected chi connectivity index (χ4v) is 2.96. The van der Waals surface area contributed by atoms with E-state index in [1.54, 1.807) is 32.4 Å². The number of amides is 1. The minimum Gasteiger partial charge on any atom is -0.497 e. The van der Waals surface area contributed by atoms with E-state index >= 15 is 0 Å². The van der Waals surface area contributed by atoms with Crippen LogP contribution in [0.4, 0.5) is 11.4 Å². The molecule has 1 unspecified atom stereocenters. The molecule has 0 saturated heterocycles. The number of nitrogens with one attached hydrogen (secondary N) is 2. The summed E-state index contributed by atoms with van der Waals surface area (Å²) in [6, 6.07) is 13.1. The number of rotatable bonds is 5. The molecular formula is C19H22N4O3. The van der Waals surface area contributed by atoms with Crippen LogP contribution in [0.5, 0.6) is 11.5 Å². The molecule has 0 saturated carbocycles. The zero-order chi connectivity index (χ0) is 18.5. The first kappa shape index (κ1) is 17.6. The summed E-state index contributed by atoms with van der Waals surface area (Å²) in [5.74, 6) is 1.54. The van der Waals surface area contributed by atoms with E-state index in [9.17, 15) is 4.79 Å². The third-order valence-electron chi connectivity index (χ3n) is 4.26. The molecule has 4 N–H and O–H groups in total. The minimum absolute atomic E-state index is 0.00694. The molecule has 2 aromatic carbocycles.